The minimum absolute atomic E-state index is 0.00463. The molecule has 0 aliphatic carbocycles. The lowest BCUT2D eigenvalue weighted by Crippen LogP contribution is -2.11. The van der Waals surface area contributed by atoms with Crippen LogP contribution in [0.4, 0.5) is 0 Å². The Hall–Kier alpha value is -1.39. The van der Waals surface area contributed by atoms with E-state index >= 15 is 0 Å². The molecule has 0 aliphatic rings. The molecule has 56 valence electrons. The quantitative estimate of drug-likeness (QED) is 0.547. The zero-order chi connectivity index (χ0) is 7.82. The fraction of sp³-hybridized carbons (Fsp3) is 0.400. The lowest BCUT2D eigenvalue weighted by Gasteiger charge is -1.80. The number of hydrogen-bond acceptors (Lipinski definition) is 4. The predicted octanol–water partition coefficient (Wildman–Crippen LogP) is -0.178. The summed E-state index contributed by atoms with van der Waals surface area (Å²) in [6, 6.07) is 0. The highest BCUT2D eigenvalue weighted by molar-refractivity contribution is 5.72. The second-order valence-corrected chi connectivity index (χ2v) is 1.38. The first-order valence-corrected chi connectivity index (χ1v) is 2.64. The number of hydrogen-bond donors (Lipinski definition) is 1. The van der Waals surface area contributed by atoms with Gasteiger partial charge in [-0.3, -0.25) is 4.79 Å². The smallest absolute Gasteiger partial charge is 0.216 e. The van der Waals surface area contributed by atoms with Crippen molar-refractivity contribution in [1.29, 1.82) is 0 Å². The van der Waals surface area contributed by atoms with Crippen molar-refractivity contribution in [3.63, 3.8) is 0 Å². The first-order valence-electron chi connectivity index (χ1n) is 2.64. The molecule has 5 heteroatoms. The van der Waals surface area contributed by atoms with E-state index in [0.717, 1.165) is 0 Å². The molecular weight excluding hydrogens is 134 g/mol. The van der Waals surface area contributed by atoms with E-state index in [1.165, 1.54) is 19.7 Å². The fourth-order valence-corrected chi connectivity index (χ4v) is 0.136. The summed E-state index contributed by atoms with van der Waals surface area (Å²) in [5.74, 6) is 0.00463. The van der Waals surface area contributed by atoms with Crippen molar-refractivity contribution in [2.45, 2.75) is 6.92 Å². The van der Waals surface area contributed by atoms with Crippen LogP contribution in [0.5, 0.6) is 0 Å². The van der Waals surface area contributed by atoms with Gasteiger partial charge in [0.1, 0.15) is 0 Å². The number of carbonyl (C=O) groups is 1. The molecule has 0 spiro atoms. The molecule has 1 rings (SSSR count). The van der Waals surface area contributed by atoms with E-state index in [-0.39, 0.29) is 5.91 Å². The van der Waals surface area contributed by atoms with Crippen molar-refractivity contribution >= 4 is 5.91 Å². The van der Waals surface area contributed by atoms with Gasteiger partial charge in [0.05, 0.1) is 0 Å². The van der Waals surface area contributed by atoms with Gasteiger partial charge in [0.25, 0.3) is 0 Å². The number of aromatic nitrogens is 2. The van der Waals surface area contributed by atoms with Gasteiger partial charge in [0, 0.05) is 14.0 Å². The Kier molecular flexibility index (Phi) is 4.94. The monoisotopic (exact) mass is 143 g/mol. The second kappa shape index (κ2) is 5.74. The highest BCUT2D eigenvalue weighted by Crippen LogP contribution is 1.64. The molecule has 1 aromatic heterocycles. The summed E-state index contributed by atoms with van der Waals surface area (Å²) >= 11 is 0. The average molecular weight is 143 g/mol. The van der Waals surface area contributed by atoms with Crippen LogP contribution in [-0.2, 0) is 4.79 Å². The molecule has 0 bridgehead atoms. The van der Waals surface area contributed by atoms with Crippen molar-refractivity contribution < 1.29 is 9.21 Å². The molecule has 5 nitrogen and oxygen atoms in total. The third-order valence-electron chi connectivity index (χ3n) is 0.635. The lowest BCUT2D eigenvalue weighted by molar-refractivity contribution is -0.118. The van der Waals surface area contributed by atoms with Gasteiger partial charge in [0.15, 0.2) is 0 Å². The van der Waals surface area contributed by atoms with E-state index in [9.17, 15) is 4.79 Å². The number of carbonyl (C=O) groups excluding carboxylic acids is 1. The van der Waals surface area contributed by atoms with Gasteiger partial charge in [-0.25, -0.2) is 0 Å². The molecule has 1 N–H and O–H groups in total. The SMILES string of the molecule is CNC(C)=O.c1nnco1. The normalized spacial score (nSPS) is 7.40. The van der Waals surface area contributed by atoms with E-state index in [1.54, 1.807) is 7.05 Å². The van der Waals surface area contributed by atoms with Crippen LogP contribution in [0.25, 0.3) is 0 Å². The molecule has 1 amide bonds. The van der Waals surface area contributed by atoms with Crippen molar-refractivity contribution in [1.82, 2.24) is 15.5 Å². The molecule has 0 aromatic carbocycles. The molecule has 0 fully saturated rings. The predicted molar refractivity (Wildman–Crippen MR) is 34.0 cm³/mol. The topological polar surface area (TPSA) is 68.0 Å². The summed E-state index contributed by atoms with van der Waals surface area (Å²) in [4.78, 5) is 9.70. The summed E-state index contributed by atoms with van der Waals surface area (Å²) in [7, 11) is 1.60. The Bertz CT molecular complexity index is 144. The third kappa shape index (κ3) is 6.61. The van der Waals surface area contributed by atoms with Crippen LogP contribution in [0, 0.1) is 0 Å². The Morgan fingerprint density at radius 3 is 2.00 bits per heavy atom. The van der Waals surface area contributed by atoms with E-state index in [4.69, 9.17) is 0 Å². The molecular formula is C5H9N3O2. The summed E-state index contributed by atoms with van der Waals surface area (Å²) in [6.45, 7) is 1.47. The highest BCUT2D eigenvalue weighted by atomic mass is 16.3. The van der Waals surface area contributed by atoms with Crippen LogP contribution in [0.2, 0.25) is 0 Å². The van der Waals surface area contributed by atoms with Crippen LogP contribution >= 0.6 is 0 Å². The Labute approximate surface area is 58.4 Å². The van der Waals surface area contributed by atoms with Crippen molar-refractivity contribution in [2.24, 2.45) is 0 Å². The molecule has 1 heterocycles. The van der Waals surface area contributed by atoms with E-state index < -0.39 is 0 Å². The first kappa shape index (κ1) is 8.61. The van der Waals surface area contributed by atoms with Gasteiger partial charge in [-0.15, -0.1) is 10.2 Å². The van der Waals surface area contributed by atoms with Crippen LogP contribution in [-0.4, -0.2) is 23.2 Å². The zero-order valence-electron chi connectivity index (χ0n) is 5.87. The summed E-state index contributed by atoms with van der Waals surface area (Å²) < 4.78 is 4.36. The summed E-state index contributed by atoms with van der Waals surface area (Å²) in [5.41, 5.74) is 0. The standard InChI is InChI=1S/C3H7NO.C2H2N2O/c1-3(5)4-2;1-3-4-2-5-1/h1-2H3,(H,4,5);1-2H. The number of amides is 1. The molecule has 10 heavy (non-hydrogen) atoms. The van der Waals surface area contributed by atoms with Crippen LogP contribution in [0.3, 0.4) is 0 Å². The fourth-order valence-electron chi connectivity index (χ4n) is 0.136. The lowest BCUT2D eigenvalue weighted by atomic mass is 10.7. The summed E-state index contributed by atoms with van der Waals surface area (Å²) in [6.07, 6.45) is 2.53. The molecule has 1 aromatic rings. The number of nitrogens with one attached hydrogen (secondary N) is 1. The molecule has 0 radical (unpaired) electrons. The molecule has 0 unspecified atom stereocenters. The van der Waals surface area contributed by atoms with E-state index in [1.807, 2.05) is 0 Å². The molecule has 0 atom stereocenters. The van der Waals surface area contributed by atoms with Gasteiger partial charge >= 0.3 is 0 Å². The van der Waals surface area contributed by atoms with Crippen molar-refractivity contribution in [2.75, 3.05) is 7.05 Å². The summed E-state index contributed by atoms with van der Waals surface area (Å²) in [5, 5.41) is 9.00. The van der Waals surface area contributed by atoms with Gasteiger partial charge in [-0.2, -0.15) is 0 Å². The van der Waals surface area contributed by atoms with E-state index in [2.05, 4.69) is 19.9 Å². The minimum atomic E-state index is 0.00463. The second-order valence-electron chi connectivity index (χ2n) is 1.38. The maximum absolute atomic E-state index is 9.70. The van der Waals surface area contributed by atoms with Crippen LogP contribution < -0.4 is 5.32 Å². The van der Waals surface area contributed by atoms with E-state index in [0.29, 0.717) is 0 Å². The highest BCUT2D eigenvalue weighted by Gasteiger charge is 1.72. The maximum atomic E-state index is 9.70. The van der Waals surface area contributed by atoms with Crippen LogP contribution in [0.15, 0.2) is 17.2 Å². The average Bonchev–Trinajstić information content (AvgIpc) is 2.43. The molecule has 0 saturated carbocycles. The first-order chi connectivity index (χ1) is 4.77. The molecule has 0 aliphatic heterocycles. The zero-order valence-corrected chi connectivity index (χ0v) is 5.87. The number of rotatable bonds is 0. The van der Waals surface area contributed by atoms with Gasteiger partial charge in [-0.05, 0) is 0 Å². The Balaban J connectivity index is 0.000000162. The Morgan fingerprint density at radius 1 is 1.50 bits per heavy atom. The van der Waals surface area contributed by atoms with Crippen molar-refractivity contribution in [3.05, 3.63) is 12.8 Å². The largest absolute Gasteiger partial charge is 0.431 e. The third-order valence-corrected chi connectivity index (χ3v) is 0.635. The Morgan fingerprint density at radius 2 is 1.90 bits per heavy atom. The maximum Gasteiger partial charge on any atom is 0.216 e. The van der Waals surface area contributed by atoms with Gasteiger partial charge < -0.3 is 9.73 Å². The molecule has 0 saturated heterocycles. The van der Waals surface area contributed by atoms with Gasteiger partial charge in [-0.1, -0.05) is 0 Å². The number of nitrogens with zero attached hydrogens (tertiary/aromatic N) is 2. The van der Waals surface area contributed by atoms with Crippen molar-refractivity contribution in [3.8, 4) is 0 Å². The van der Waals surface area contributed by atoms with Gasteiger partial charge in [0.2, 0.25) is 18.7 Å². The van der Waals surface area contributed by atoms with Crippen LogP contribution in [0.1, 0.15) is 6.92 Å². The minimum Gasteiger partial charge on any atom is -0.431 e.